The lowest BCUT2D eigenvalue weighted by Gasteiger charge is -2.18. The molecule has 0 atom stereocenters. The first-order valence-corrected chi connectivity index (χ1v) is 11.7. The van der Waals surface area contributed by atoms with Crippen LogP contribution in [-0.2, 0) is 16.3 Å². The van der Waals surface area contributed by atoms with Crippen molar-refractivity contribution in [3.8, 4) is 0 Å². The fraction of sp³-hybridized carbons (Fsp3) is 0.700. The molecule has 0 unspecified atom stereocenters. The Balaban J connectivity index is 2.19. The van der Waals surface area contributed by atoms with Gasteiger partial charge in [-0.3, -0.25) is 0 Å². The van der Waals surface area contributed by atoms with Crippen LogP contribution in [0.3, 0.4) is 0 Å². The van der Waals surface area contributed by atoms with Crippen LogP contribution in [0.4, 0.5) is 5.69 Å². The molecule has 0 amide bonds. The molecule has 0 fully saturated rings. The Kier molecular flexibility index (Phi) is 9.95. The largest absolute Gasteiger partial charge is 0.385 e. The van der Waals surface area contributed by atoms with Crippen LogP contribution in [-0.4, -0.2) is 31.2 Å². The van der Waals surface area contributed by atoms with E-state index in [0.717, 1.165) is 57.2 Å². The van der Waals surface area contributed by atoms with Gasteiger partial charge in [0.25, 0.3) is 0 Å². The molecule has 0 saturated carbocycles. The van der Waals surface area contributed by atoms with Crippen molar-refractivity contribution >= 4 is 28.2 Å². The summed E-state index contributed by atoms with van der Waals surface area (Å²) >= 11 is 4.22. The first-order chi connectivity index (χ1) is 11.8. The van der Waals surface area contributed by atoms with E-state index in [-0.39, 0.29) is 0 Å². The minimum absolute atomic E-state index is 0.316. The van der Waals surface area contributed by atoms with Gasteiger partial charge in [0.05, 0.1) is 10.5 Å². The monoisotopic (exact) mass is 385 g/mol. The van der Waals surface area contributed by atoms with E-state index in [1.54, 1.807) is 20.8 Å². The third-order valence-corrected chi connectivity index (χ3v) is 7.41. The zero-order valence-electron chi connectivity index (χ0n) is 16.1. The molecule has 0 aliphatic rings. The first-order valence-electron chi connectivity index (χ1n) is 9.42. The van der Waals surface area contributed by atoms with Gasteiger partial charge in [-0.05, 0) is 69.9 Å². The Hall–Kier alpha value is -0.680. The zero-order valence-corrected chi connectivity index (χ0v) is 17.8. The number of nitrogens with one attached hydrogen (secondary N) is 1. The third kappa shape index (κ3) is 9.00. The standard InChI is InChI=1S/C20H35NO2S2/c1-20(2,3)25(22,23)16-8-6-4-5-7-11-18-12-9-13-19(17-18)21-14-10-15-24/h9,12-13,17,21,24H,4-8,10-11,14-16H2,1-3H3. The Bertz CT molecular complexity index is 592. The molecule has 1 N–H and O–H groups in total. The molecule has 0 bridgehead atoms. The summed E-state index contributed by atoms with van der Waals surface area (Å²) in [6, 6.07) is 8.63. The summed E-state index contributed by atoms with van der Waals surface area (Å²) < 4.78 is 23.5. The summed E-state index contributed by atoms with van der Waals surface area (Å²) in [5, 5.41) is 3.42. The SMILES string of the molecule is CC(C)(C)S(=O)(=O)CCCCCCCc1cccc(NCCCS)c1. The highest BCUT2D eigenvalue weighted by Crippen LogP contribution is 2.18. The second-order valence-electron chi connectivity index (χ2n) is 7.65. The number of rotatable bonds is 12. The van der Waals surface area contributed by atoms with E-state index in [0.29, 0.717) is 5.75 Å². The van der Waals surface area contributed by atoms with Crippen molar-refractivity contribution in [3.05, 3.63) is 29.8 Å². The molecule has 0 aromatic heterocycles. The van der Waals surface area contributed by atoms with Crippen LogP contribution in [0.1, 0.15) is 64.9 Å². The molecule has 5 heteroatoms. The van der Waals surface area contributed by atoms with Crippen LogP contribution in [0.2, 0.25) is 0 Å². The van der Waals surface area contributed by atoms with Gasteiger partial charge < -0.3 is 5.32 Å². The molecule has 0 saturated heterocycles. The predicted octanol–water partition coefficient (Wildman–Crippen LogP) is 5.12. The quantitative estimate of drug-likeness (QED) is 0.387. The summed E-state index contributed by atoms with van der Waals surface area (Å²) in [5.41, 5.74) is 2.55. The fourth-order valence-electron chi connectivity index (χ4n) is 2.61. The van der Waals surface area contributed by atoms with E-state index >= 15 is 0 Å². The molecular formula is C20H35NO2S2. The second kappa shape index (κ2) is 11.1. The van der Waals surface area contributed by atoms with Crippen molar-refractivity contribution in [1.29, 1.82) is 0 Å². The number of benzene rings is 1. The number of aryl methyl sites for hydroxylation is 1. The maximum Gasteiger partial charge on any atom is 0.155 e. The molecular weight excluding hydrogens is 350 g/mol. The number of sulfone groups is 1. The van der Waals surface area contributed by atoms with Crippen molar-refractivity contribution in [2.24, 2.45) is 0 Å². The lowest BCUT2D eigenvalue weighted by atomic mass is 10.1. The van der Waals surface area contributed by atoms with Crippen LogP contribution < -0.4 is 5.32 Å². The molecule has 1 rings (SSSR count). The highest BCUT2D eigenvalue weighted by atomic mass is 32.2. The molecule has 0 heterocycles. The fourth-order valence-corrected chi connectivity index (χ4v) is 3.96. The number of anilines is 1. The third-order valence-electron chi connectivity index (χ3n) is 4.40. The van der Waals surface area contributed by atoms with Crippen molar-refractivity contribution in [1.82, 2.24) is 0 Å². The van der Waals surface area contributed by atoms with Gasteiger partial charge in [0.2, 0.25) is 0 Å². The van der Waals surface area contributed by atoms with E-state index in [1.165, 1.54) is 11.3 Å². The van der Waals surface area contributed by atoms with E-state index < -0.39 is 14.6 Å². The van der Waals surface area contributed by atoms with Gasteiger partial charge in [-0.25, -0.2) is 8.42 Å². The van der Waals surface area contributed by atoms with E-state index in [4.69, 9.17) is 0 Å². The maximum atomic E-state index is 12.0. The Labute approximate surface area is 160 Å². The summed E-state index contributed by atoms with van der Waals surface area (Å²) in [4.78, 5) is 0. The summed E-state index contributed by atoms with van der Waals surface area (Å²) in [7, 11) is -2.96. The average molecular weight is 386 g/mol. The highest BCUT2D eigenvalue weighted by Gasteiger charge is 2.27. The van der Waals surface area contributed by atoms with Crippen LogP contribution in [0.5, 0.6) is 0 Å². The van der Waals surface area contributed by atoms with Crippen molar-refractivity contribution < 1.29 is 8.42 Å². The van der Waals surface area contributed by atoms with Gasteiger partial charge in [-0.2, -0.15) is 12.6 Å². The van der Waals surface area contributed by atoms with Gasteiger partial charge in [0.15, 0.2) is 9.84 Å². The molecule has 0 aliphatic heterocycles. The van der Waals surface area contributed by atoms with Gasteiger partial charge in [-0.15, -0.1) is 0 Å². The Morgan fingerprint density at radius 2 is 1.68 bits per heavy atom. The van der Waals surface area contributed by atoms with Crippen LogP contribution in [0.15, 0.2) is 24.3 Å². The van der Waals surface area contributed by atoms with Crippen LogP contribution >= 0.6 is 12.6 Å². The predicted molar refractivity (Wildman–Crippen MR) is 114 cm³/mol. The van der Waals surface area contributed by atoms with Gasteiger partial charge in [-0.1, -0.05) is 31.4 Å². The number of hydrogen-bond donors (Lipinski definition) is 2. The smallest absolute Gasteiger partial charge is 0.155 e. The number of hydrogen-bond acceptors (Lipinski definition) is 4. The number of thiol groups is 1. The maximum absolute atomic E-state index is 12.0. The van der Waals surface area contributed by atoms with Gasteiger partial charge >= 0.3 is 0 Å². The molecule has 25 heavy (non-hydrogen) atoms. The minimum atomic E-state index is -2.96. The second-order valence-corrected chi connectivity index (χ2v) is 11.0. The molecule has 144 valence electrons. The van der Waals surface area contributed by atoms with E-state index in [2.05, 4.69) is 42.2 Å². The summed E-state index contributed by atoms with van der Waals surface area (Å²) in [6.07, 6.45) is 7.37. The van der Waals surface area contributed by atoms with Crippen LogP contribution in [0.25, 0.3) is 0 Å². The molecule has 0 radical (unpaired) electrons. The molecule has 1 aromatic carbocycles. The number of unbranched alkanes of at least 4 members (excludes halogenated alkanes) is 4. The molecule has 3 nitrogen and oxygen atoms in total. The van der Waals surface area contributed by atoms with Crippen molar-refractivity contribution in [2.45, 2.75) is 70.5 Å². The summed E-state index contributed by atoms with van der Waals surface area (Å²) in [5.74, 6) is 1.22. The van der Waals surface area contributed by atoms with Crippen molar-refractivity contribution in [3.63, 3.8) is 0 Å². The van der Waals surface area contributed by atoms with E-state index in [1.807, 2.05) is 0 Å². The normalized spacial score (nSPS) is 12.3. The molecule has 1 aromatic rings. The van der Waals surface area contributed by atoms with E-state index in [9.17, 15) is 8.42 Å². The minimum Gasteiger partial charge on any atom is -0.385 e. The highest BCUT2D eigenvalue weighted by molar-refractivity contribution is 7.92. The van der Waals surface area contributed by atoms with Crippen molar-refractivity contribution in [2.75, 3.05) is 23.4 Å². The topological polar surface area (TPSA) is 46.2 Å². The molecule has 0 aliphatic carbocycles. The zero-order chi connectivity index (χ0) is 18.8. The van der Waals surface area contributed by atoms with Crippen LogP contribution in [0, 0.1) is 0 Å². The Morgan fingerprint density at radius 3 is 2.36 bits per heavy atom. The first kappa shape index (κ1) is 22.4. The van der Waals surface area contributed by atoms with Gasteiger partial charge in [0.1, 0.15) is 0 Å². The molecule has 0 spiro atoms. The van der Waals surface area contributed by atoms with Gasteiger partial charge in [0, 0.05) is 12.2 Å². The summed E-state index contributed by atoms with van der Waals surface area (Å²) in [6.45, 7) is 6.31. The average Bonchev–Trinajstić information content (AvgIpc) is 2.53. The lowest BCUT2D eigenvalue weighted by Crippen LogP contribution is -2.30. The Morgan fingerprint density at radius 1 is 1.00 bits per heavy atom. The lowest BCUT2D eigenvalue weighted by molar-refractivity contribution is 0.552.